The second kappa shape index (κ2) is 9.20. The molecule has 1 unspecified atom stereocenters. The SMILES string of the molecule is CCCCCCCC(=O)C(C)CCN. The number of carbonyl (C=O) groups excluding carboxylic acids is 1. The van der Waals surface area contributed by atoms with E-state index in [-0.39, 0.29) is 5.92 Å². The van der Waals surface area contributed by atoms with Crippen LogP contribution in [0.3, 0.4) is 0 Å². The fourth-order valence-corrected chi connectivity index (χ4v) is 1.56. The van der Waals surface area contributed by atoms with Gasteiger partial charge in [-0.15, -0.1) is 0 Å². The van der Waals surface area contributed by atoms with Crippen LogP contribution < -0.4 is 5.73 Å². The van der Waals surface area contributed by atoms with Crippen molar-refractivity contribution < 1.29 is 4.79 Å². The van der Waals surface area contributed by atoms with E-state index in [1.165, 1.54) is 25.7 Å². The molecule has 0 heterocycles. The van der Waals surface area contributed by atoms with E-state index < -0.39 is 0 Å². The largest absolute Gasteiger partial charge is 0.330 e. The Balaban J connectivity index is 3.34. The zero-order valence-corrected chi connectivity index (χ0v) is 9.72. The first-order chi connectivity index (χ1) is 6.72. The van der Waals surface area contributed by atoms with E-state index in [1.807, 2.05) is 6.92 Å². The Morgan fingerprint density at radius 1 is 1.21 bits per heavy atom. The summed E-state index contributed by atoms with van der Waals surface area (Å²) < 4.78 is 0. The Kier molecular flexibility index (Phi) is 8.95. The van der Waals surface area contributed by atoms with E-state index in [0.29, 0.717) is 12.3 Å². The van der Waals surface area contributed by atoms with Gasteiger partial charge < -0.3 is 5.73 Å². The van der Waals surface area contributed by atoms with Crippen LogP contribution >= 0.6 is 0 Å². The third kappa shape index (κ3) is 7.07. The summed E-state index contributed by atoms with van der Waals surface area (Å²) in [5, 5.41) is 0. The van der Waals surface area contributed by atoms with Crippen molar-refractivity contribution in [3.05, 3.63) is 0 Å². The van der Waals surface area contributed by atoms with E-state index in [1.54, 1.807) is 0 Å². The Morgan fingerprint density at radius 2 is 1.86 bits per heavy atom. The van der Waals surface area contributed by atoms with Gasteiger partial charge in [0, 0.05) is 12.3 Å². The number of rotatable bonds is 9. The van der Waals surface area contributed by atoms with Gasteiger partial charge in [-0.05, 0) is 19.4 Å². The predicted molar refractivity (Wildman–Crippen MR) is 61.2 cm³/mol. The quantitative estimate of drug-likeness (QED) is 0.580. The molecule has 0 bridgehead atoms. The van der Waals surface area contributed by atoms with Crippen LogP contribution in [0.5, 0.6) is 0 Å². The van der Waals surface area contributed by atoms with Crippen molar-refractivity contribution in [3.63, 3.8) is 0 Å². The molecule has 2 heteroatoms. The molecule has 0 aliphatic heterocycles. The molecule has 2 nitrogen and oxygen atoms in total. The lowest BCUT2D eigenvalue weighted by atomic mass is 9.97. The number of ketones is 1. The summed E-state index contributed by atoms with van der Waals surface area (Å²) in [5.41, 5.74) is 5.41. The van der Waals surface area contributed by atoms with Crippen LogP contribution in [0.4, 0.5) is 0 Å². The third-order valence-electron chi connectivity index (χ3n) is 2.68. The van der Waals surface area contributed by atoms with E-state index in [9.17, 15) is 4.79 Å². The monoisotopic (exact) mass is 199 g/mol. The molecule has 0 rings (SSSR count). The minimum absolute atomic E-state index is 0.172. The maximum atomic E-state index is 11.5. The standard InChI is InChI=1S/C12H25NO/c1-3-4-5-6-7-8-12(14)11(2)9-10-13/h11H,3-10,13H2,1-2H3. The normalized spacial score (nSPS) is 12.8. The van der Waals surface area contributed by atoms with Gasteiger partial charge in [0.2, 0.25) is 0 Å². The van der Waals surface area contributed by atoms with Gasteiger partial charge in [-0.3, -0.25) is 4.79 Å². The molecule has 84 valence electrons. The molecule has 0 aliphatic carbocycles. The Morgan fingerprint density at radius 3 is 2.43 bits per heavy atom. The highest BCUT2D eigenvalue weighted by Crippen LogP contribution is 2.10. The number of unbranched alkanes of at least 4 members (excludes halogenated alkanes) is 4. The second-order valence-electron chi connectivity index (χ2n) is 4.11. The van der Waals surface area contributed by atoms with E-state index in [2.05, 4.69) is 6.92 Å². The Labute approximate surface area is 88.3 Å². The van der Waals surface area contributed by atoms with E-state index in [0.717, 1.165) is 19.3 Å². The number of nitrogens with two attached hydrogens (primary N) is 1. The van der Waals surface area contributed by atoms with Crippen LogP contribution in [0, 0.1) is 5.92 Å². The summed E-state index contributed by atoms with van der Waals surface area (Å²) in [6.07, 6.45) is 7.69. The average molecular weight is 199 g/mol. The van der Waals surface area contributed by atoms with Gasteiger partial charge in [-0.25, -0.2) is 0 Å². The molecule has 0 saturated heterocycles. The maximum Gasteiger partial charge on any atom is 0.135 e. The van der Waals surface area contributed by atoms with Crippen LogP contribution in [0.2, 0.25) is 0 Å². The fraction of sp³-hybridized carbons (Fsp3) is 0.917. The smallest absolute Gasteiger partial charge is 0.135 e. The van der Waals surface area contributed by atoms with Gasteiger partial charge in [0.25, 0.3) is 0 Å². The van der Waals surface area contributed by atoms with Crippen LogP contribution in [-0.4, -0.2) is 12.3 Å². The lowest BCUT2D eigenvalue weighted by molar-refractivity contribution is -0.122. The predicted octanol–water partition coefficient (Wildman–Crippen LogP) is 2.90. The molecule has 0 aliphatic rings. The topological polar surface area (TPSA) is 43.1 Å². The van der Waals surface area contributed by atoms with Crippen molar-refractivity contribution in [3.8, 4) is 0 Å². The second-order valence-corrected chi connectivity index (χ2v) is 4.11. The number of hydrogen-bond donors (Lipinski definition) is 1. The van der Waals surface area contributed by atoms with Gasteiger partial charge in [0.05, 0.1) is 0 Å². The number of Topliss-reactive ketones (excluding diaryl/α,β-unsaturated/α-hetero) is 1. The van der Waals surface area contributed by atoms with Gasteiger partial charge in [-0.2, -0.15) is 0 Å². The summed E-state index contributed by atoms with van der Waals surface area (Å²) in [5.74, 6) is 0.568. The first-order valence-electron chi connectivity index (χ1n) is 5.95. The van der Waals surface area contributed by atoms with E-state index in [4.69, 9.17) is 5.73 Å². The van der Waals surface area contributed by atoms with E-state index >= 15 is 0 Å². The molecule has 2 N–H and O–H groups in total. The summed E-state index contributed by atoms with van der Waals surface area (Å²) in [7, 11) is 0. The molecule has 0 saturated carbocycles. The lowest BCUT2D eigenvalue weighted by Gasteiger charge is -2.08. The van der Waals surface area contributed by atoms with Crippen LogP contribution in [0.1, 0.15) is 58.8 Å². The summed E-state index contributed by atoms with van der Waals surface area (Å²) in [6, 6.07) is 0. The molecule has 1 atom stereocenters. The van der Waals surface area contributed by atoms with Gasteiger partial charge in [0.15, 0.2) is 0 Å². The van der Waals surface area contributed by atoms with Crippen molar-refractivity contribution >= 4 is 5.78 Å². The Bertz CT molecular complexity index is 145. The van der Waals surface area contributed by atoms with Crippen molar-refractivity contribution in [2.24, 2.45) is 11.7 Å². The maximum absolute atomic E-state index is 11.5. The van der Waals surface area contributed by atoms with Crippen LogP contribution in [-0.2, 0) is 4.79 Å². The molecule has 0 fully saturated rings. The minimum Gasteiger partial charge on any atom is -0.330 e. The van der Waals surface area contributed by atoms with Crippen molar-refractivity contribution in [1.82, 2.24) is 0 Å². The third-order valence-corrected chi connectivity index (χ3v) is 2.68. The molecular weight excluding hydrogens is 174 g/mol. The van der Waals surface area contributed by atoms with Gasteiger partial charge in [-0.1, -0.05) is 39.5 Å². The highest BCUT2D eigenvalue weighted by atomic mass is 16.1. The molecule has 0 aromatic heterocycles. The molecule has 0 aromatic rings. The summed E-state index contributed by atoms with van der Waals surface area (Å²) in [4.78, 5) is 11.5. The first kappa shape index (κ1) is 13.6. The molecule has 0 aromatic carbocycles. The minimum atomic E-state index is 0.172. The number of hydrogen-bond acceptors (Lipinski definition) is 2. The summed E-state index contributed by atoms with van der Waals surface area (Å²) >= 11 is 0. The van der Waals surface area contributed by atoms with Crippen molar-refractivity contribution in [2.75, 3.05) is 6.54 Å². The fourth-order valence-electron chi connectivity index (χ4n) is 1.56. The van der Waals surface area contributed by atoms with Crippen molar-refractivity contribution in [2.45, 2.75) is 58.8 Å². The van der Waals surface area contributed by atoms with Gasteiger partial charge in [0.1, 0.15) is 5.78 Å². The zero-order valence-electron chi connectivity index (χ0n) is 9.72. The first-order valence-corrected chi connectivity index (χ1v) is 5.95. The molecular formula is C12H25NO. The highest BCUT2D eigenvalue weighted by molar-refractivity contribution is 5.80. The lowest BCUT2D eigenvalue weighted by Crippen LogP contribution is -2.15. The molecule has 0 radical (unpaired) electrons. The van der Waals surface area contributed by atoms with Crippen molar-refractivity contribution in [1.29, 1.82) is 0 Å². The van der Waals surface area contributed by atoms with Crippen LogP contribution in [0.25, 0.3) is 0 Å². The van der Waals surface area contributed by atoms with Gasteiger partial charge >= 0.3 is 0 Å². The molecule has 14 heavy (non-hydrogen) atoms. The van der Waals surface area contributed by atoms with Crippen LogP contribution in [0.15, 0.2) is 0 Å². The number of carbonyl (C=O) groups is 1. The Hall–Kier alpha value is -0.370. The molecule has 0 amide bonds. The average Bonchev–Trinajstić information content (AvgIpc) is 2.17. The zero-order chi connectivity index (χ0) is 10.8. The highest BCUT2D eigenvalue weighted by Gasteiger charge is 2.10. The summed E-state index contributed by atoms with van der Waals surface area (Å²) in [6.45, 7) is 4.82. The molecule has 0 spiro atoms.